The van der Waals surface area contributed by atoms with E-state index in [9.17, 15) is 9.59 Å². The van der Waals surface area contributed by atoms with Crippen molar-refractivity contribution in [2.24, 2.45) is 0 Å². The van der Waals surface area contributed by atoms with Crippen LogP contribution in [0.2, 0.25) is 0 Å². The molecule has 0 aliphatic rings. The number of amides is 2. The number of anilines is 1. The largest absolute Gasteiger partial charge is 0.343 e. The second-order valence-corrected chi connectivity index (χ2v) is 6.23. The van der Waals surface area contributed by atoms with E-state index in [2.05, 4.69) is 17.6 Å². The lowest BCUT2D eigenvalue weighted by Gasteiger charge is -2.09. The van der Waals surface area contributed by atoms with Crippen LogP contribution < -0.4 is 10.6 Å². The van der Waals surface area contributed by atoms with Crippen LogP contribution in [0.1, 0.15) is 22.8 Å². The first kappa shape index (κ1) is 18.4. The molecule has 136 valence electrons. The summed E-state index contributed by atoms with van der Waals surface area (Å²) in [5.41, 5.74) is 4.55. The van der Waals surface area contributed by atoms with Crippen molar-refractivity contribution in [1.29, 1.82) is 0 Å². The summed E-state index contributed by atoms with van der Waals surface area (Å²) >= 11 is 0. The first-order chi connectivity index (χ1) is 13.2. The van der Waals surface area contributed by atoms with E-state index in [4.69, 9.17) is 0 Å². The summed E-state index contributed by atoms with van der Waals surface area (Å²) in [6, 6.07) is 25.0. The van der Waals surface area contributed by atoms with Crippen LogP contribution in [-0.4, -0.2) is 18.4 Å². The Kier molecular flexibility index (Phi) is 6.00. The molecule has 0 unspecified atom stereocenters. The van der Waals surface area contributed by atoms with Crippen LogP contribution in [0.3, 0.4) is 0 Å². The topological polar surface area (TPSA) is 58.2 Å². The molecule has 0 spiro atoms. The Bertz CT molecular complexity index is 919. The van der Waals surface area contributed by atoms with Gasteiger partial charge in [-0.05, 0) is 47.4 Å². The first-order valence-electron chi connectivity index (χ1n) is 8.98. The van der Waals surface area contributed by atoms with Crippen molar-refractivity contribution < 1.29 is 9.59 Å². The molecule has 4 nitrogen and oxygen atoms in total. The highest BCUT2D eigenvalue weighted by Gasteiger charge is 2.09. The van der Waals surface area contributed by atoms with E-state index in [0.717, 1.165) is 28.8 Å². The number of hydrogen-bond acceptors (Lipinski definition) is 2. The maximum absolute atomic E-state index is 12.3. The fourth-order valence-corrected chi connectivity index (χ4v) is 2.78. The first-order valence-corrected chi connectivity index (χ1v) is 8.98. The normalized spacial score (nSPS) is 10.3. The maximum atomic E-state index is 12.3. The Balaban J connectivity index is 1.55. The van der Waals surface area contributed by atoms with E-state index in [1.807, 2.05) is 66.7 Å². The summed E-state index contributed by atoms with van der Waals surface area (Å²) in [7, 11) is 0. The summed E-state index contributed by atoms with van der Waals surface area (Å²) in [6.45, 7) is 1.99. The lowest BCUT2D eigenvalue weighted by Crippen LogP contribution is -2.32. The minimum absolute atomic E-state index is 0.0738. The smallest absolute Gasteiger partial charge is 0.251 e. The highest BCUT2D eigenvalue weighted by atomic mass is 16.2. The summed E-state index contributed by atoms with van der Waals surface area (Å²) < 4.78 is 0. The molecule has 2 amide bonds. The number of rotatable bonds is 6. The third-order valence-electron chi connectivity index (χ3n) is 4.28. The van der Waals surface area contributed by atoms with Crippen LogP contribution in [0.5, 0.6) is 0 Å². The molecule has 27 heavy (non-hydrogen) atoms. The molecule has 0 fully saturated rings. The molecule has 0 saturated carbocycles. The third-order valence-corrected chi connectivity index (χ3v) is 4.28. The van der Waals surface area contributed by atoms with Crippen molar-refractivity contribution in [3.63, 3.8) is 0 Å². The van der Waals surface area contributed by atoms with Crippen molar-refractivity contribution in [2.45, 2.75) is 13.3 Å². The Morgan fingerprint density at radius 2 is 1.52 bits per heavy atom. The van der Waals surface area contributed by atoms with Gasteiger partial charge in [-0.2, -0.15) is 0 Å². The van der Waals surface area contributed by atoms with E-state index in [1.54, 1.807) is 12.1 Å². The van der Waals surface area contributed by atoms with Gasteiger partial charge in [-0.1, -0.05) is 61.5 Å². The number of hydrogen-bond donors (Lipinski definition) is 2. The number of carbonyl (C=O) groups is 2. The molecule has 0 aromatic heterocycles. The molecule has 0 heterocycles. The summed E-state index contributed by atoms with van der Waals surface area (Å²) in [6.07, 6.45) is 0.902. The van der Waals surface area contributed by atoms with Crippen LogP contribution in [0.15, 0.2) is 78.9 Å². The molecule has 0 bridgehead atoms. The lowest BCUT2D eigenvalue weighted by atomic mass is 10.0. The lowest BCUT2D eigenvalue weighted by molar-refractivity contribution is -0.115. The number of carbonyl (C=O) groups excluding carboxylic acids is 2. The van der Waals surface area contributed by atoms with Gasteiger partial charge in [-0.15, -0.1) is 0 Å². The zero-order valence-electron chi connectivity index (χ0n) is 15.2. The van der Waals surface area contributed by atoms with Crippen molar-refractivity contribution >= 4 is 17.5 Å². The van der Waals surface area contributed by atoms with Crippen molar-refractivity contribution in [1.82, 2.24) is 5.32 Å². The second kappa shape index (κ2) is 8.81. The molecule has 3 aromatic carbocycles. The molecule has 2 N–H and O–H groups in total. The minimum Gasteiger partial charge on any atom is -0.343 e. The second-order valence-electron chi connectivity index (χ2n) is 6.23. The fourth-order valence-electron chi connectivity index (χ4n) is 2.78. The van der Waals surface area contributed by atoms with Gasteiger partial charge in [0.25, 0.3) is 5.91 Å². The molecule has 0 atom stereocenters. The Morgan fingerprint density at radius 3 is 2.22 bits per heavy atom. The molecular formula is C23H22N2O2. The van der Waals surface area contributed by atoms with E-state index in [-0.39, 0.29) is 18.4 Å². The number of aryl methyl sites for hydroxylation is 1. The highest BCUT2D eigenvalue weighted by Crippen LogP contribution is 2.19. The van der Waals surface area contributed by atoms with Gasteiger partial charge in [0.05, 0.1) is 6.54 Å². The summed E-state index contributed by atoms with van der Waals surface area (Å²) in [5.74, 6) is -0.524. The van der Waals surface area contributed by atoms with Crippen LogP contribution in [0, 0.1) is 0 Å². The van der Waals surface area contributed by atoms with Crippen molar-refractivity contribution in [3.8, 4) is 11.1 Å². The van der Waals surface area contributed by atoms with E-state index in [0.29, 0.717) is 5.56 Å². The van der Waals surface area contributed by atoms with Crippen LogP contribution in [0.25, 0.3) is 11.1 Å². The van der Waals surface area contributed by atoms with Gasteiger partial charge in [-0.25, -0.2) is 0 Å². The van der Waals surface area contributed by atoms with E-state index >= 15 is 0 Å². The van der Waals surface area contributed by atoms with Gasteiger partial charge < -0.3 is 10.6 Å². The van der Waals surface area contributed by atoms with Crippen molar-refractivity contribution in [3.05, 3.63) is 90.0 Å². The predicted molar refractivity (Wildman–Crippen MR) is 109 cm³/mol. The van der Waals surface area contributed by atoms with E-state index in [1.165, 1.54) is 0 Å². The molecule has 0 aliphatic carbocycles. The zero-order valence-corrected chi connectivity index (χ0v) is 15.2. The van der Waals surface area contributed by atoms with Gasteiger partial charge in [-0.3, -0.25) is 9.59 Å². The average molecular weight is 358 g/mol. The summed E-state index contributed by atoms with van der Waals surface area (Å²) in [5, 5.41) is 5.46. The zero-order chi connectivity index (χ0) is 19.1. The fraction of sp³-hybridized carbons (Fsp3) is 0.130. The molecular weight excluding hydrogens is 336 g/mol. The van der Waals surface area contributed by atoms with Crippen LogP contribution in [0.4, 0.5) is 5.69 Å². The molecule has 0 saturated heterocycles. The Labute approximate surface area is 159 Å². The third kappa shape index (κ3) is 5.05. The predicted octanol–water partition coefficient (Wildman–Crippen LogP) is 4.28. The highest BCUT2D eigenvalue weighted by molar-refractivity contribution is 5.99. The Morgan fingerprint density at radius 1 is 0.815 bits per heavy atom. The van der Waals surface area contributed by atoms with E-state index < -0.39 is 0 Å². The molecule has 3 rings (SSSR count). The van der Waals surface area contributed by atoms with Crippen LogP contribution in [-0.2, 0) is 11.2 Å². The van der Waals surface area contributed by atoms with Gasteiger partial charge in [0, 0.05) is 11.3 Å². The SMILES string of the molecule is CCc1cccc(NC(=O)CNC(=O)c2ccc(-c3ccccc3)cc2)c1. The van der Waals surface area contributed by atoms with Crippen LogP contribution >= 0.6 is 0 Å². The average Bonchev–Trinajstić information content (AvgIpc) is 2.73. The molecule has 3 aromatic rings. The van der Waals surface area contributed by atoms with Gasteiger partial charge >= 0.3 is 0 Å². The molecule has 4 heteroatoms. The van der Waals surface area contributed by atoms with Gasteiger partial charge in [0.1, 0.15) is 0 Å². The number of nitrogens with one attached hydrogen (secondary N) is 2. The molecule has 0 aliphatic heterocycles. The quantitative estimate of drug-likeness (QED) is 0.691. The van der Waals surface area contributed by atoms with Gasteiger partial charge in [0.2, 0.25) is 5.91 Å². The maximum Gasteiger partial charge on any atom is 0.251 e. The molecule has 0 radical (unpaired) electrons. The standard InChI is InChI=1S/C23H22N2O2/c1-2-17-7-6-10-21(15-17)25-22(26)16-24-23(27)20-13-11-19(12-14-20)18-8-4-3-5-9-18/h3-15H,2,16H2,1H3,(H,24,27)(H,25,26). The number of benzene rings is 3. The minimum atomic E-state index is -0.271. The van der Waals surface area contributed by atoms with Gasteiger partial charge in [0.15, 0.2) is 0 Å². The van der Waals surface area contributed by atoms with Crippen molar-refractivity contribution in [2.75, 3.05) is 11.9 Å². The monoisotopic (exact) mass is 358 g/mol. The summed E-state index contributed by atoms with van der Waals surface area (Å²) in [4.78, 5) is 24.3. The Hall–Kier alpha value is -3.40.